The Bertz CT molecular complexity index is 615. The first kappa shape index (κ1) is 14.1. The number of likely N-dealkylation sites (N-methyl/N-ethyl adjacent to an activating group) is 1. The van der Waals surface area contributed by atoms with Gasteiger partial charge in [-0.15, -0.1) is 0 Å². The van der Waals surface area contributed by atoms with Gasteiger partial charge in [0.25, 0.3) is 0 Å². The second-order valence-corrected chi connectivity index (χ2v) is 6.13. The molecule has 0 unspecified atom stereocenters. The number of pyridine rings is 1. The van der Waals surface area contributed by atoms with Gasteiger partial charge in [-0.1, -0.05) is 24.3 Å². The molecule has 1 N–H and O–H groups in total. The summed E-state index contributed by atoms with van der Waals surface area (Å²) in [6.45, 7) is 8.60. The minimum atomic E-state index is 0.407. The van der Waals surface area contributed by atoms with E-state index in [4.69, 9.17) is 4.98 Å². The summed E-state index contributed by atoms with van der Waals surface area (Å²) in [6.07, 6.45) is 1.98. The predicted molar refractivity (Wildman–Crippen MR) is 90.2 cm³/mol. The first-order chi connectivity index (χ1) is 10.1. The monoisotopic (exact) mass is 284 g/mol. The molecule has 2 heterocycles. The van der Waals surface area contributed by atoms with Crippen molar-refractivity contribution in [3.63, 3.8) is 0 Å². The van der Waals surface area contributed by atoms with Crippen molar-refractivity contribution in [3.8, 4) is 0 Å². The molecule has 1 fully saturated rings. The number of nitrogens with one attached hydrogen (secondary N) is 1. The Hall–Kier alpha value is -1.81. The minimum absolute atomic E-state index is 0.407. The normalized spacial score (nSPS) is 16.7. The summed E-state index contributed by atoms with van der Waals surface area (Å²) in [4.78, 5) is 9.53. The van der Waals surface area contributed by atoms with Crippen LogP contribution in [-0.4, -0.2) is 49.2 Å². The fourth-order valence-electron chi connectivity index (χ4n) is 2.87. The van der Waals surface area contributed by atoms with E-state index in [1.54, 1.807) is 0 Å². The molecule has 2 aromatic rings. The van der Waals surface area contributed by atoms with E-state index in [0.717, 1.165) is 37.7 Å². The highest BCUT2D eigenvalue weighted by molar-refractivity contribution is 6.00. The maximum atomic E-state index is 4.75. The van der Waals surface area contributed by atoms with E-state index in [1.807, 2.05) is 6.20 Å². The summed E-state index contributed by atoms with van der Waals surface area (Å²) in [7, 11) is 2.18. The fraction of sp³-hybridized carbons (Fsp3) is 0.471. The Morgan fingerprint density at radius 1 is 1.05 bits per heavy atom. The van der Waals surface area contributed by atoms with Gasteiger partial charge in [0.05, 0.1) is 11.9 Å². The van der Waals surface area contributed by atoms with Gasteiger partial charge >= 0.3 is 0 Å². The number of hydrogen-bond donors (Lipinski definition) is 1. The van der Waals surface area contributed by atoms with Crippen LogP contribution in [0, 0.1) is 0 Å². The predicted octanol–water partition coefficient (Wildman–Crippen LogP) is 2.81. The van der Waals surface area contributed by atoms with Crippen LogP contribution < -0.4 is 10.2 Å². The quantitative estimate of drug-likeness (QED) is 0.939. The molecule has 0 atom stereocenters. The highest BCUT2D eigenvalue weighted by atomic mass is 15.3. The Morgan fingerprint density at radius 2 is 1.71 bits per heavy atom. The number of anilines is 2. The molecule has 0 aliphatic carbocycles. The van der Waals surface area contributed by atoms with Crippen LogP contribution in [0.5, 0.6) is 0 Å². The topological polar surface area (TPSA) is 31.4 Å². The average Bonchev–Trinajstić information content (AvgIpc) is 2.48. The molecule has 1 saturated heterocycles. The molecule has 1 aliphatic rings. The van der Waals surface area contributed by atoms with E-state index in [0.29, 0.717) is 6.04 Å². The molecule has 0 amide bonds. The van der Waals surface area contributed by atoms with E-state index >= 15 is 0 Å². The minimum Gasteiger partial charge on any atom is -0.381 e. The number of fused-ring (bicyclic) bond motifs is 1. The van der Waals surface area contributed by atoms with Gasteiger partial charge in [-0.2, -0.15) is 0 Å². The van der Waals surface area contributed by atoms with Gasteiger partial charge in [0.15, 0.2) is 0 Å². The number of benzene rings is 1. The van der Waals surface area contributed by atoms with Crippen LogP contribution in [-0.2, 0) is 0 Å². The van der Waals surface area contributed by atoms with Crippen molar-refractivity contribution in [2.24, 2.45) is 0 Å². The van der Waals surface area contributed by atoms with Crippen LogP contribution >= 0.6 is 0 Å². The third-order valence-corrected chi connectivity index (χ3v) is 4.02. The standard InChI is InChI=1S/C17H24N4/c1-13(2)19-16-12-18-17(15-7-5-4-6-14(15)16)21-10-8-20(3)9-11-21/h4-7,12-13,19H,8-11H2,1-3H3. The first-order valence-corrected chi connectivity index (χ1v) is 7.73. The van der Waals surface area contributed by atoms with Gasteiger partial charge in [-0.05, 0) is 20.9 Å². The zero-order chi connectivity index (χ0) is 14.8. The molecule has 3 rings (SSSR count). The highest BCUT2D eigenvalue weighted by Crippen LogP contribution is 2.30. The molecule has 0 spiro atoms. The maximum Gasteiger partial charge on any atom is 0.136 e. The molecule has 112 valence electrons. The lowest BCUT2D eigenvalue weighted by Crippen LogP contribution is -2.44. The average molecular weight is 284 g/mol. The van der Waals surface area contributed by atoms with Crippen molar-refractivity contribution >= 4 is 22.3 Å². The largest absolute Gasteiger partial charge is 0.381 e. The number of nitrogens with zero attached hydrogens (tertiary/aromatic N) is 3. The van der Waals surface area contributed by atoms with Gasteiger partial charge in [-0.3, -0.25) is 0 Å². The Morgan fingerprint density at radius 3 is 2.38 bits per heavy atom. The van der Waals surface area contributed by atoms with E-state index < -0.39 is 0 Å². The molecule has 0 radical (unpaired) electrons. The Kier molecular flexibility index (Phi) is 3.97. The maximum absolute atomic E-state index is 4.75. The lowest BCUT2D eigenvalue weighted by molar-refractivity contribution is 0.312. The van der Waals surface area contributed by atoms with Crippen LogP contribution in [0.25, 0.3) is 10.8 Å². The zero-order valence-corrected chi connectivity index (χ0v) is 13.1. The lowest BCUT2D eigenvalue weighted by atomic mass is 10.1. The molecule has 4 nitrogen and oxygen atoms in total. The SMILES string of the molecule is CC(C)Nc1cnc(N2CCN(C)CC2)c2ccccc12. The summed E-state index contributed by atoms with van der Waals surface area (Å²) in [6, 6.07) is 8.97. The zero-order valence-electron chi connectivity index (χ0n) is 13.1. The van der Waals surface area contributed by atoms with E-state index in [2.05, 4.69) is 60.3 Å². The van der Waals surface area contributed by atoms with Gasteiger partial charge < -0.3 is 15.1 Å². The second-order valence-electron chi connectivity index (χ2n) is 6.13. The lowest BCUT2D eigenvalue weighted by Gasteiger charge is -2.34. The summed E-state index contributed by atoms with van der Waals surface area (Å²) in [5.41, 5.74) is 1.12. The van der Waals surface area contributed by atoms with Crippen LogP contribution in [0.4, 0.5) is 11.5 Å². The van der Waals surface area contributed by atoms with Crippen molar-refractivity contribution < 1.29 is 0 Å². The molecule has 1 aromatic heterocycles. The van der Waals surface area contributed by atoms with Crippen LogP contribution in [0.3, 0.4) is 0 Å². The number of rotatable bonds is 3. The molecule has 1 aliphatic heterocycles. The van der Waals surface area contributed by atoms with Crippen molar-refractivity contribution in [3.05, 3.63) is 30.5 Å². The molecule has 4 heteroatoms. The van der Waals surface area contributed by atoms with E-state index in [-0.39, 0.29) is 0 Å². The molecule has 1 aromatic carbocycles. The van der Waals surface area contributed by atoms with Gasteiger partial charge in [-0.25, -0.2) is 4.98 Å². The van der Waals surface area contributed by atoms with Crippen LogP contribution in [0.1, 0.15) is 13.8 Å². The van der Waals surface area contributed by atoms with Crippen LogP contribution in [0.15, 0.2) is 30.5 Å². The number of aromatic nitrogens is 1. The molecule has 0 bridgehead atoms. The highest BCUT2D eigenvalue weighted by Gasteiger charge is 2.18. The van der Waals surface area contributed by atoms with Crippen molar-refractivity contribution in [2.45, 2.75) is 19.9 Å². The summed E-state index contributed by atoms with van der Waals surface area (Å²) in [5.74, 6) is 1.12. The smallest absolute Gasteiger partial charge is 0.136 e. The van der Waals surface area contributed by atoms with Crippen molar-refractivity contribution in [1.29, 1.82) is 0 Å². The van der Waals surface area contributed by atoms with Gasteiger partial charge in [0, 0.05) is 43.0 Å². The molecular formula is C17H24N4. The van der Waals surface area contributed by atoms with Crippen molar-refractivity contribution in [1.82, 2.24) is 9.88 Å². The summed E-state index contributed by atoms with van der Waals surface area (Å²) < 4.78 is 0. The Labute approximate surface area is 126 Å². The molecule has 21 heavy (non-hydrogen) atoms. The third kappa shape index (κ3) is 2.95. The second kappa shape index (κ2) is 5.90. The number of hydrogen-bond acceptors (Lipinski definition) is 4. The van der Waals surface area contributed by atoms with Gasteiger partial charge in [0.1, 0.15) is 5.82 Å². The molecular weight excluding hydrogens is 260 g/mol. The molecule has 0 saturated carbocycles. The van der Waals surface area contributed by atoms with Gasteiger partial charge in [0.2, 0.25) is 0 Å². The van der Waals surface area contributed by atoms with Crippen LogP contribution in [0.2, 0.25) is 0 Å². The van der Waals surface area contributed by atoms with E-state index in [1.165, 1.54) is 10.8 Å². The van der Waals surface area contributed by atoms with Crippen molar-refractivity contribution in [2.75, 3.05) is 43.4 Å². The first-order valence-electron chi connectivity index (χ1n) is 7.73. The number of piperazine rings is 1. The third-order valence-electron chi connectivity index (χ3n) is 4.02. The van der Waals surface area contributed by atoms with E-state index in [9.17, 15) is 0 Å². The Balaban J connectivity index is 2.00. The summed E-state index contributed by atoms with van der Waals surface area (Å²) >= 11 is 0. The summed E-state index contributed by atoms with van der Waals surface area (Å²) in [5, 5.41) is 6.00. The fourth-order valence-corrected chi connectivity index (χ4v) is 2.87.